The standard InChI is InChI=1S/C11H13FO2/c1-9(13)10-5-2-3-6-11(10)14-8-4-7-12/h2-3,5-6H,4,7-8H2,1H3. The van der Waals surface area contributed by atoms with E-state index in [9.17, 15) is 9.18 Å². The molecule has 0 aliphatic rings. The molecule has 1 aromatic rings. The van der Waals surface area contributed by atoms with Crippen molar-refractivity contribution in [1.29, 1.82) is 0 Å². The van der Waals surface area contributed by atoms with Gasteiger partial charge >= 0.3 is 0 Å². The van der Waals surface area contributed by atoms with Gasteiger partial charge in [-0.15, -0.1) is 0 Å². The maximum Gasteiger partial charge on any atom is 0.163 e. The minimum atomic E-state index is -0.401. The van der Waals surface area contributed by atoms with Crippen molar-refractivity contribution in [2.45, 2.75) is 13.3 Å². The average Bonchev–Trinajstić information content (AvgIpc) is 2.19. The van der Waals surface area contributed by atoms with Crippen LogP contribution < -0.4 is 4.74 Å². The SMILES string of the molecule is CC(=O)c1ccccc1OCCCF. The summed E-state index contributed by atoms with van der Waals surface area (Å²) in [5.41, 5.74) is 0.548. The Bertz CT molecular complexity index is 310. The molecule has 14 heavy (non-hydrogen) atoms. The van der Waals surface area contributed by atoms with Gasteiger partial charge in [0.15, 0.2) is 5.78 Å². The van der Waals surface area contributed by atoms with Gasteiger partial charge in [0, 0.05) is 6.42 Å². The van der Waals surface area contributed by atoms with E-state index >= 15 is 0 Å². The van der Waals surface area contributed by atoms with E-state index in [4.69, 9.17) is 4.74 Å². The van der Waals surface area contributed by atoms with Gasteiger partial charge < -0.3 is 4.74 Å². The minimum absolute atomic E-state index is 0.0409. The van der Waals surface area contributed by atoms with E-state index in [2.05, 4.69) is 0 Å². The summed E-state index contributed by atoms with van der Waals surface area (Å²) in [4.78, 5) is 11.1. The second-order valence-corrected chi connectivity index (χ2v) is 2.94. The smallest absolute Gasteiger partial charge is 0.163 e. The molecule has 0 aliphatic carbocycles. The maximum atomic E-state index is 11.8. The molecule has 1 rings (SSSR count). The van der Waals surface area contributed by atoms with Crippen molar-refractivity contribution >= 4 is 5.78 Å². The van der Waals surface area contributed by atoms with Crippen molar-refractivity contribution in [1.82, 2.24) is 0 Å². The molecule has 0 saturated heterocycles. The summed E-state index contributed by atoms with van der Waals surface area (Å²) >= 11 is 0. The number of benzene rings is 1. The maximum absolute atomic E-state index is 11.8. The molecule has 0 unspecified atom stereocenters. The molecule has 0 amide bonds. The van der Waals surface area contributed by atoms with Crippen LogP contribution in [-0.4, -0.2) is 19.1 Å². The summed E-state index contributed by atoms with van der Waals surface area (Å²) in [5.74, 6) is 0.495. The van der Waals surface area contributed by atoms with Gasteiger partial charge in [-0.2, -0.15) is 0 Å². The fourth-order valence-electron chi connectivity index (χ4n) is 1.12. The van der Waals surface area contributed by atoms with Crippen LogP contribution in [0.4, 0.5) is 4.39 Å². The van der Waals surface area contributed by atoms with E-state index < -0.39 is 6.67 Å². The number of rotatable bonds is 5. The molecule has 2 nitrogen and oxygen atoms in total. The number of alkyl halides is 1. The van der Waals surface area contributed by atoms with E-state index in [1.165, 1.54) is 6.92 Å². The average molecular weight is 196 g/mol. The third-order valence-electron chi connectivity index (χ3n) is 1.80. The van der Waals surface area contributed by atoms with Crippen LogP contribution in [0.15, 0.2) is 24.3 Å². The number of hydrogen-bond acceptors (Lipinski definition) is 2. The highest BCUT2D eigenvalue weighted by Crippen LogP contribution is 2.18. The Balaban J connectivity index is 2.69. The van der Waals surface area contributed by atoms with Crippen LogP contribution >= 0.6 is 0 Å². The fraction of sp³-hybridized carbons (Fsp3) is 0.364. The summed E-state index contributed by atoms with van der Waals surface area (Å²) in [5, 5.41) is 0. The lowest BCUT2D eigenvalue weighted by molar-refractivity contribution is 0.101. The number of ketones is 1. The number of carbonyl (C=O) groups is 1. The normalized spacial score (nSPS) is 9.86. The first-order valence-corrected chi connectivity index (χ1v) is 4.54. The first-order valence-electron chi connectivity index (χ1n) is 4.54. The van der Waals surface area contributed by atoms with E-state index in [1.807, 2.05) is 0 Å². The lowest BCUT2D eigenvalue weighted by Gasteiger charge is -2.07. The monoisotopic (exact) mass is 196 g/mol. The molecule has 0 saturated carbocycles. The van der Waals surface area contributed by atoms with E-state index in [0.29, 0.717) is 24.3 Å². The van der Waals surface area contributed by atoms with Crippen LogP contribution in [-0.2, 0) is 0 Å². The fourth-order valence-corrected chi connectivity index (χ4v) is 1.12. The van der Waals surface area contributed by atoms with Crippen molar-refractivity contribution in [3.05, 3.63) is 29.8 Å². The summed E-state index contributed by atoms with van der Waals surface area (Å²) in [6.07, 6.45) is 0.353. The summed E-state index contributed by atoms with van der Waals surface area (Å²) in [6, 6.07) is 6.98. The molecule has 0 aliphatic heterocycles. The number of halogens is 1. The highest BCUT2D eigenvalue weighted by atomic mass is 19.1. The van der Waals surface area contributed by atoms with Gasteiger partial charge in [0.05, 0.1) is 18.8 Å². The highest BCUT2D eigenvalue weighted by Gasteiger charge is 2.06. The third-order valence-corrected chi connectivity index (χ3v) is 1.80. The molecule has 0 spiro atoms. The first-order chi connectivity index (χ1) is 6.75. The number of ether oxygens (including phenoxy) is 1. The van der Waals surface area contributed by atoms with Crippen molar-refractivity contribution in [3.8, 4) is 5.75 Å². The Hall–Kier alpha value is -1.38. The predicted octanol–water partition coefficient (Wildman–Crippen LogP) is 2.63. The van der Waals surface area contributed by atoms with Crippen molar-refractivity contribution in [2.24, 2.45) is 0 Å². The molecule has 0 N–H and O–H groups in total. The molecular weight excluding hydrogens is 183 g/mol. The van der Waals surface area contributed by atoms with E-state index in [0.717, 1.165) is 0 Å². The highest BCUT2D eigenvalue weighted by molar-refractivity contribution is 5.96. The molecule has 0 radical (unpaired) electrons. The number of hydrogen-bond donors (Lipinski definition) is 0. The Kier molecular flexibility index (Phi) is 4.11. The van der Waals surface area contributed by atoms with Gasteiger partial charge in [-0.1, -0.05) is 12.1 Å². The Morgan fingerprint density at radius 1 is 1.43 bits per heavy atom. The van der Waals surface area contributed by atoms with Gasteiger partial charge in [-0.05, 0) is 19.1 Å². The number of carbonyl (C=O) groups excluding carboxylic acids is 1. The zero-order valence-electron chi connectivity index (χ0n) is 8.13. The van der Waals surface area contributed by atoms with Gasteiger partial charge in [-0.3, -0.25) is 9.18 Å². The van der Waals surface area contributed by atoms with Crippen LogP contribution in [0.1, 0.15) is 23.7 Å². The summed E-state index contributed by atoms with van der Waals surface area (Å²) < 4.78 is 17.1. The Morgan fingerprint density at radius 2 is 2.14 bits per heavy atom. The minimum Gasteiger partial charge on any atom is -0.493 e. The molecular formula is C11H13FO2. The van der Waals surface area contributed by atoms with Gasteiger partial charge in [0.1, 0.15) is 5.75 Å². The topological polar surface area (TPSA) is 26.3 Å². The Labute approximate surface area is 82.7 Å². The van der Waals surface area contributed by atoms with Crippen LogP contribution in [0.5, 0.6) is 5.75 Å². The van der Waals surface area contributed by atoms with Gasteiger partial charge in [0.2, 0.25) is 0 Å². The first kappa shape index (κ1) is 10.7. The summed E-state index contributed by atoms with van der Waals surface area (Å²) in [6.45, 7) is 1.39. The van der Waals surface area contributed by atoms with E-state index in [1.54, 1.807) is 24.3 Å². The third kappa shape index (κ3) is 2.83. The zero-order valence-corrected chi connectivity index (χ0v) is 8.13. The molecule has 0 bridgehead atoms. The molecule has 0 aromatic heterocycles. The molecule has 0 atom stereocenters. The molecule has 76 valence electrons. The van der Waals surface area contributed by atoms with Crippen LogP contribution in [0, 0.1) is 0 Å². The van der Waals surface area contributed by atoms with Crippen molar-refractivity contribution in [3.63, 3.8) is 0 Å². The zero-order chi connectivity index (χ0) is 10.4. The second kappa shape index (κ2) is 5.37. The molecule has 1 aromatic carbocycles. The predicted molar refractivity (Wildman–Crippen MR) is 52.5 cm³/mol. The number of para-hydroxylation sites is 1. The lowest BCUT2D eigenvalue weighted by atomic mass is 10.1. The Morgan fingerprint density at radius 3 is 2.79 bits per heavy atom. The quantitative estimate of drug-likeness (QED) is 0.534. The van der Waals surface area contributed by atoms with Crippen LogP contribution in [0.3, 0.4) is 0 Å². The van der Waals surface area contributed by atoms with Crippen molar-refractivity contribution in [2.75, 3.05) is 13.3 Å². The van der Waals surface area contributed by atoms with Crippen molar-refractivity contribution < 1.29 is 13.9 Å². The summed E-state index contributed by atoms with van der Waals surface area (Å²) in [7, 11) is 0. The molecule has 0 fully saturated rings. The molecule has 0 heterocycles. The van der Waals surface area contributed by atoms with E-state index in [-0.39, 0.29) is 5.78 Å². The lowest BCUT2D eigenvalue weighted by Crippen LogP contribution is -2.03. The van der Waals surface area contributed by atoms with Crippen LogP contribution in [0.25, 0.3) is 0 Å². The number of Topliss-reactive ketones (excluding diaryl/α,β-unsaturated/α-hetero) is 1. The van der Waals surface area contributed by atoms with Crippen LogP contribution in [0.2, 0.25) is 0 Å². The molecule has 3 heteroatoms. The van der Waals surface area contributed by atoms with Gasteiger partial charge in [-0.25, -0.2) is 0 Å². The largest absolute Gasteiger partial charge is 0.493 e. The second-order valence-electron chi connectivity index (χ2n) is 2.94. The van der Waals surface area contributed by atoms with Gasteiger partial charge in [0.25, 0.3) is 0 Å².